The van der Waals surface area contributed by atoms with E-state index in [0.717, 1.165) is 13.0 Å². The Morgan fingerprint density at radius 1 is 1.15 bits per heavy atom. The minimum absolute atomic E-state index is 0.0347. The van der Waals surface area contributed by atoms with Crippen LogP contribution in [0.1, 0.15) is 25.7 Å². The molecule has 2 N–H and O–H groups in total. The van der Waals surface area contributed by atoms with Gasteiger partial charge in [-0.2, -0.15) is 0 Å². The normalized spacial score (nSPS) is 28.6. The Bertz CT molecular complexity index is 585. The molecular weight excluding hydrogens is 334 g/mol. The molecule has 2 saturated carbocycles. The number of carbonyl (C=O) groups is 2. The highest BCUT2D eigenvalue weighted by Gasteiger charge is 2.66. The van der Waals surface area contributed by atoms with Gasteiger partial charge in [-0.3, -0.25) is 9.59 Å². The summed E-state index contributed by atoms with van der Waals surface area (Å²) in [5, 5.41) is 6.62. The lowest BCUT2D eigenvalue weighted by Crippen LogP contribution is -2.72. The number of ether oxygens (including phenoxy) is 1. The fourth-order valence-electron chi connectivity index (χ4n) is 4.36. The summed E-state index contributed by atoms with van der Waals surface area (Å²) in [6, 6.07) is 0.305. The highest BCUT2D eigenvalue weighted by atomic mass is 16.5. The molecule has 26 heavy (non-hydrogen) atoms. The number of nitrogens with one attached hydrogen (secondary N) is 2. The monoisotopic (exact) mass is 365 g/mol. The Morgan fingerprint density at radius 2 is 1.85 bits per heavy atom. The molecule has 3 unspecified atom stereocenters. The van der Waals surface area contributed by atoms with Crippen molar-refractivity contribution >= 4 is 17.8 Å². The van der Waals surface area contributed by atoms with Crippen molar-refractivity contribution in [3.8, 4) is 0 Å². The maximum Gasteiger partial charge on any atom is 0.243 e. The van der Waals surface area contributed by atoms with Gasteiger partial charge in [-0.25, -0.2) is 4.99 Å². The van der Waals surface area contributed by atoms with Crippen LogP contribution in [0.2, 0.25) is 0 Å². The van der Waals surface area contributed by atoms with E-state index >= 15 is 0 Å². The van der Waals surface area contributed by atoms with E-state index in [9.17, 15) is 9.59 Å². The Morgan fingerprint density at radius 3 is 2.42 bits per heavy atom. The van der Waals surface area contributed by atoms with E-state index in [-0.39, 0.29) is 30.3 Å². The molecule has 3 aliphatic rings. The summed E-state index contributed by atoms with van der Waals surface area (Å²) in [4.78, 5) is 31.3. The molecule has 8 heteroatoms. The van der Waals surface area contributed by atoms with Crippen LogP contribution < -0.4 is 10.6 Å². The van der Waals surface area contributed by atoms with Crippen molar-refractivity contribution in [2.75, 3.05) is 47.9 Å². The van der Waals surface area contributed by atoms with Gasteiger partial charge < -0.3 is 25.2 Å². The van der Waals surface area contributed by atoms with E-state index in [2.05, 4.69) is 15.6 Å². The van der Waals surface area contributed by atoms with Gasteiger partial charge in [-0.15, -0.1) is 0 Å². The topological polar surface area (TPSA) is 86.3 Å². The van der Waals surface area contributed by atoms with Gasteiger partial charge in [0, 0.05) is 52.2 Å². The molecule has 1 heterocycles. The van der Waals surface area contributed by atoms with E-state index < -0.39 is 0 Å². The van der Waals surface area contributed by atoms with E-state index in [1.54, 1.807) is 28.2 Å². The first kappa shape index (κ1) is 18.9. The summed E-state index contributed by atoms with van der Waals surface area (Å²) in [7, 11) is 6.87. The summed E-state index contributed by atoms with van der Waals surface area (Å²) in [6.45, 7) is 1.04. The van der Waals surface area contributed by atoms with Gasteiger partial charge in [-0.05, 0) is 19.3 Å². The van der Waals surface area contributed by atoms with Crippen LogP contribution in [0.4, 0.5) is 0 Å². The molecule has 0 bridgehead atoms. The number of hydrogen-bond donors (Lipinski definition) is 2. The Kier molecular flexibility index (Phi) is 5.41. The van der Waals surface area contributed by atoms with Gasteiger partial charge in [0.25, 0.3) is 0 Å². The predicted molar refractivity (Wildman–Crippen MR) is 98.7 cm³/mol. The van der Waals surface area contributed by atoms with E-state index in [4.69, 9.17) is 4.74 Å². The standard InChI is InChI=1S/C18H31N5O3/c1-22(2)13(24)10-19-17(20-11-14(25)23(3)4)21-15-12-6-9-26-16(12)18(15)7-5-8-18/h12,15-16H,5-11H2,1-4H3,(H2,19,20,21). The van der Waals surface area contributed by atoms with Crippen LogP contribution in [0, 0.1) is 11.3 Å². The maximum absolute atomic E-state index is 11.9. The number of guanidine groups is 1. The minimum Gasteiger partial charge on any atom is -0.377 e. The molecule has 0 aromatic rings. The molecule has 0 aromatic heterocycles. The summed E-state index contributed by atoms with van der Waals surface area (Å²) in [5.74, 6) is 0.931. The zero-order valence-electron chi connectivity index (χ0n) is 16.2. The van der Waals surface area contributed by atoms with Crippen LogP contribution >= 0.6 is 0 Å². The van der Waals surface area contributed by atoms with Gasteiger partial charge in [0.2, 0.25) is 11.8 Å². The SMILES string of the molecule is CN(C)C(=O)CN=C(NCC(=O)N(C)C)NC1C2CCOC2C12CCC2. The molecule has 146 valence electrons. The summed E-state index contributed by atoms with van der Waals surface area (Å²) in [5.41, 5.74) is 0.209. The third-order valence-electron chi connectivity index (χ3n) is 6.11. The van der Waals surface area contributed by atoms with Crippen LogP contribution in [-0.4, -0.2) is 87.6 Å². The van der Waals surface area contributed by atoms with Crippen molar-refractivity contribution in [2.24, 2.45) is 16.3 Å². The van der Waals surface area contributed by atoms with Crippen LogP contribution in [0.5, 0.6) is 0 Å². The number of carbonyl (C=O) groups excluding carboxylic acids is 2. The summed E-state index contributed by atoms with van der Waals surface area (Å²) >= 11 is 0. The van der Waals surface area contributed by atoms with Crippen LogP contribution in [0.3, 0.4) is 0 Å². The van der Waals surface area contributed by atoms with Gasteiger partial charge in [0.15, 0.2) is 5.96 Å². The number of aliphatic imine (C=N–C) groups is 1. The van der Waals surface area contributed by atoms with Crippen molar-refractivity contribution in [2.45, 2.75) is 37.8 Å². The minimum atomic E-state index is -0.0703. The van der Waals surface area contributed by atoms with Crippen molar-refractivity contribution in [1.29, 1.82) is 0 Å². The molecule has 2 aliphatic carbocycles. The predicted octanol–water partition coefficient (Wildman–Crippen LogP) is -0.344. The molecule has 0 aromatic carbocycles. The molecule has 3 rings (SSSR count). The maximum atomic E-state index is 11.9. The van der Waals surface area contributed by atoms with Crippen molar-refractivity contribution in [3.05, 3.63) is 0 Å². The zero-order valence-corrected chi connectivity index (χ0v) is 16.2. The average molecular weight is 365 g/mol. The first-order chi connectivity index (χ1) is 12.3. The molecule has 1 aliphatic heterocycles. The Hall–Kier alpha value is -1.83. The number of hydrogen-bond acceptors (Lipinski definition) is 4. The average Bonchev–Trinajstić information content (AvgIpc) is 2.96. The first-order valence-electron chi connectivity index (χ1n) is 9.42. The van der Waals surface area contributed by atoms with E-state index in [1.165, 1.54) is 29.1 Å². The quantitative estimate of drug-likeness (QED) is 0.514. The fourth-order valence-corrected chi connectivity index (χ4v) is 4.36. The van der Waals surface area contributed by atoms with Crippen molar-refractivity contribution < 1.29 is 14.3 Å². The lowest BCUT2D eigenvalue weighted by Gasteiger charge is -2.63. The van der Waals surface area contributed by atoms with E-state index in [0.29, 0.717) is 24.0 Å². The molecule has 3 atom stereocenters. The fraction of sp³-hybridized carbons (Fsp3) is 0.833. The second-order valence-electron chi connectivity index (χ2n) is 8.05. The lowest BCUT2D eigenvalue weighted by atomic mass is 9.46. The number of nitrogens with zero attached hydrogens (tertiary/aromatic N) is 3. The molecular formula is C18H31N5O3. The highest BCUT2D eigenvalue weighted by Crippen LogP contribution is 2.62. The van der Waals surface area contributed by atoms with Crippen molar-refractivity contribution in [3.63, 3.8) is 0 Å². The molecule has 1 saturated heterocycles. The number of likely N-dealkylation sites (N-methyl/N-ethyl adjacent to an activating group) is 2. The molecule has 0 radical (unpaired) electrons. The third kappa shape index (κ3) is 3.39. The highest BCUT2D eigenvalue weighted by molar-refractivity contribution is 5.88. The van der Waals surface area contributed by atoms with Crippen LogP contribution in [-0.2, 0) is 14.3 Å². The van der Waals surface area contributed by atoms with Crippen molar-refractivity contribution in [1.82, 2.24) is 20.4 Å². The largest absolute Gasteiger partial charge is 0.377 e. The second-order valence-corrected chi connectivity index (χ2v) is 8.05. The Labute approximate surface area is 155 Å². The molecule has 8 nitrogen and oxygen atoms in total. The zero-order chi connectivity index (χ0) is 18.9. The molecule has 3 fully saturated rings. The van der Waals surface area contributed by atoms with Gasteiger partial charge >= 0.3 is 0 Å². The Balaban J connectivity index is 1.67. The first-order valence-corrected chi connectivity index (χ1v) is 9.42. The summed E-state index contributed by atoms with van der Waals surface area (Å²) in [6.07, 6.45) is 5.01. The number of fused-ring (bicyclic) bond motifs is 2. The molecule has 1 spiro atoms. The second kappa shape index (κ2) is 7.42. The number of rotatable bonds is 5. The molecule has 2 amide bonds. The van der Waals surface area contributed by atoms with E-state index in [1.807, 2.05) is 0 Å². The van der Waals surface area contributed by atoms with Crippen LogP contribution in [0.25, 0.3) is 0 Å². The third-order valence-corrected chi connectivity index (χ3v) is 6.11. The van der Waals surface area contributed by atoms with Crippen LogP contribution in [0.15, 0.2) is 4.99 Å². The lowest BCUT2D eigenvalue weighted by molar-refractivity contribution is -0.171. The van der Waals surface area contributed by atoms with Gasteiger partial charge in [0.1, 0.15) is 6.54 Å². The van der Waals surface area contributed by atoms with Gasteiger partial charge in [0.05, 0.1) is 12.6 Å². The number of amides is 2. The summed E-state index contributed by atoms with van der Waals surface area (Å²) < 4.78 is 5.96. The smallest absolute Gasteiger partial charge is 0.243 e. The van der Waals surface area contributed by atoms with Gasteiger partial charge in [-0.1, -0.05) is 6.42 Å².